The quantitative estimate of drug-likeness (QED) is 0.844. The number of nitrogens with zero attached hydrogens (tertiary/aromatic N) is 2. The third-order valence-electron chi connectivity index (χ3n) is 3.43. The average Bonchev–Trinajstić information content (AvgIpc) is 2.63. The molecule has 0 bridgehead atoms. The highest BCUT2D eigenvalue weighted by Gasteiger charge is 2.28. The van der Waals surface area contributed by atoms with E-state index in [2.05, 4.69) is 4.98 Å². The van der Waals surface area contributed by atoms with Crippen molar-refractivity contribution in [1.82, 2.24) is 9.55 Å². The van der Waals surface area contributed by atoms with Crippen LogP contribution >= 0.6 is 0 Å². The van der Waals surface area contributed by atoms with E-state index < -0.39 is 9.84 Å². The van der Waals surface area contributed by atoms with E-state index in [1.807, 2.05) is 28.8 Å². The predicted octanol–water partition coefficient (Wildman–Crippen LogP) is 1.37. The maximum atomic E-state index is 11.7. The van der Waals surface area contributed by atoms with Gasteiger partial charge in [0.1, 0.15) is 0 Å². The average molecular weight is 265 g/mol. The van der Waals surface area contributed by atoms with Crippen LogP contribution in [-0.2, 0) is 9.84 Å². The van der Waals surface area contributed by atoms with Gasteiger partial charge >= 0.3 is 0 Å². The third kappa shape index (κ3) is 1.86. The molecular formula is C12H15N3O2S. The van der Waals surface area contributed by atoms with Crippen LogP contribution in [0.2, 0.25) is 0 Å². The highest BCUT2D eigenvalue weighted by molar-refractivity contribution is 7.91. The van der Waals surface area contributed by atoms with Crippen molar-refractivity contribution < 1.29 is 8.42 Å². The number of anilines is 1. The Kier molecular flexibility index (Phi) is 2.55. The topological polar surface area (TPSA) is 78.0 Å². The van der Waals surface area contributed by atoms with E-state index in [9.17, 15) is 8.42 Å². The summed E-state index contributed by atoms with van der Waals surface area (Å²) in [6, 6.07) is 7.55. The lowest BCUT2D eigenvalue weighted by molar-refractivity contribution is 0.483. The molecule has 1 saturated heterocycles. The van der Waals surface area contributed by atoms with Crippen LogP contribution in [0.3, 0.4) is 0 Å². The number of aromatic nitrogens is 2. The van der Waals surface area contributed by atoms with Crippen molar-refractivity contribution in [2.75, 3.05) is 17.2 Å². The summed E-state index contributed by atoms with van der Waals surface area (Å²) in [5.41, 5.74) is 7.66. The molecule has 3 rings (SSSR count). The van der Waals surface area contributed by atoms with Crippen molar-refractivity contribution in [3.05, 3.63) is 24.3 Å². The zero-order chi connectivity index (χ0) is 12.8. The number of para-hydroxylation sites is 2. The van der Waals surface area contributed by atoms with E-state index in [4.69, 9.17) is 5.73 Å². The summed E-state index contributed by atoms with van der Waals surface area (Å²) in [6.45, 7) is 0. The number of benzene rings is 1. The van der Waals surface area contributed by atoms with E-state index in [0.717, 1.165) is 17.5 Å². The van der Waals surface area contributed by atoms with Crippen LogP contribution in [0.1, 0.15) is 18.9 Å². The molecule has 5 nitrogen and oxygen atoms in total. The highest BCUT2D eigenvalue weighted by Crippen LogP contribution is 2.29. The Bertz CT molecular complexity index is 690. The number of fused-ring (bicyclic) bond motifs is 1. The zero-order valence-electron chi connectivity index (χ0n) is 9.91. The standard InChI is InChI=1S/C12H15N3O2S/c13-12-14-10-5-1-2-6-11(10)15(12)9-4-3-7-18(16,17)8-9/h1-2,5-6,9H,3-4,7-8H2,(H2,13,14). The van der Waals surface area contributed by atoms with Crippen LogP contribution in [0.15, 0.2) is 24.3 Å². The van der Waals surface area contributed by atoms with Gasteiger partial charge in [0.2, 0.25) is 5.95 Å². The van der Waals surface area contributed by atoms with Crippen LogP contribution in [0.5, 0.6) is 0 Å². The van der Waals surface area contributed by atoms with E-state index >= 15 is 0 Å². The summed E-state index contributed by atoms with van der Waals surface area (Å²) in [5.74, 6) is 0.853. The predicted molar refractivity (Wildman–Crippen MR) is 71.1 cm³/mol. The number of rotatable bonds is 1. The molecule has 0 amide bonds. The molecule has 2 aromatic rings. The Hall–Kier alpha value is -1.56. The fraction of sp³-hybridized carbons (Fsp3) is 0.417. The van der Waals surface area contributed by atoms with Crippen molar-refractivity contribution >= 4 is 26.8 Å². The van der Waals surface area contributed by atoms with Gasteiger partial charge in [-0.2, -0.15) is 0 Å². The Labute approximate surface area is 106 Å². The summed E-state index contributed by atoms with van der Waals surface area (Å²) in [5, 5.41) is 0. The Balaban J connectivity index is 2.11. The van der Waals surface area contributed by atoms with Crippen molar-refractivity contribution in [3.8, 4) is 0 Å². The molecule has 1 aromatic carbocycles. The van der Waals surface area contributed by atoms with Crippen LogP contribution in [0.4, 0.5) is 5.95 Å². The fourth-order valence-corrected chi connectivity index (χ4v) is 4.32. The molecule has 96 valence electrons. The minimum Gasteiger partial charge on any atom is -0.369 e. The molecule has 1 aliphatic heterocycles. The number of nitrogen functional groups attached to an aromatic ring is 1. The molecule has 1 unspecified atom stereocenters. The van der Waals surface area contributed by atoms with Gasteiger partial charge in [-0.15, -0.1) is 0 Å². The molecule has 0 aliphatic carbocycles. The first-order valence-electron chi connectivity index (χ1n) is 6.00. The Morgan fingerprint density at radius 2 is 2.11 bits per heavy atom. The van der Waals surface area contributed by atoms with E-state index in [-0.39, 0.29) is 17.5 Å². The highest BCUT2D eigenvalue weighted by atomic mass is 32.2. The molecular weight excluding hydrogens is 250 g/mol. The molecule has 0 spiro atoms. The fourth-order valence-electron chi connectivity index (χ4n) is 2.65. The van der Waals surface area contributed by atoms with Crippen molar-refractivity contribution in [1.29, 1.82) is 0 Å². The summed E-state index contributed by atoms with van der Waals surface area (Å²) in [7, 11) is -2.95. The second-order valence-electron chi connectivity index (χ2n) is 4.74. The number of hydrogen-bond donors (Lipinski definition) is 1. The van der Waals surface area contributed by atoms with Gasteiger partial charge in [0.05, 0.1) is 28.6 Å². The number of nitrogens with two attached hydrogens (primary N) is 1. The van der Waals surface area contributed by atoms with E-state index in [0.29, 0.717) is 12.4 Å². The van der Waals surface area contributed by atoms with Crippen LogP contribution in [0.25, 0.3) is 11.0 Å². The first kappa shape index (κ1) is 11.5. The maximum absolute atomic E-state index is 11.7. The molecule has 0 radical (unpaired) electrons. The normalized spacial score (nSPS) is 23.2. The second-order valence-corrected chi connectivity index (χ2v) is 6.97. The second kappa shape index (κ2) is 3.98. The third-order valence-corrected chi connectivity index (χ3v) is 5.23. The molecule has 1 atom stereocenters. The lowest BCUT2D eigenvalue weighted by Gasteiger charge is -2.24. The van der Waals surface area contributed by atoms with Crippen molar-refractivity contribution in [2.24, 2.45) is 0 Å². The van der Waals surface area contributed by atoms with Gasteiger partial charge in [0.15, 0.2) is 9.84 Å². The number of hydrogen-bond acceptors (Lipinski definition) is 4. The Morgan fingerprint density at radius 1 is 1.33 bits per heavy atom. The molecule has 1 aromatic heterocycles. The lowest BCUT2D eigenvalue weighted by Crippen LogP contribution is -2.28. The van der Waals surface area contributed by atoms with Gasteiger partial charge in [-0.3, -0.25) is 0 Å². The van der Waals surface area contributed by atoms with Gasteiger partial charge in [-0.05, 0) is 25.0 Å². The molecule has 6 heteroatoms. The molecule has 1 aliphatic rings. The van der Waals surface area contributed by atoms with Crippen LogP contribution < -0.4 is 5.73 Å². The minimum absolute atomic E-state index is 0.0869. The monoisotopic (exact) mass is 265 g/mol. The summed E-state index contributed by atoms with van der Waals surface area (Å²) in [6.07, 6.45) is 1.53. The summed E-state index contributed by atoms with van der Waals surface area (Å²) >= 11 is 0. The number of imidazole rings is 1. The first-order chi connectivity index (χ1) is 8.57. The SMILES string of the molecule is Nc1nc2ccccc2n1C1CCCS(=O)(=O)C1. The van der Waals surface area contributed by atoms with Crippen molar-refractivity contribution in [2.45, 2.75) is 18.9 Å². The molecule has 18 heavy (non-hydrogen) atoms. The largest absolute Gasteiger partial charge is 0.369 e. The smallest absolute Gasteiger partial charge is 0.201 e. The summed E-state index contributed by atoms with van der Waals surface area (Å²) < 4.78 is 25.3. The van der Waals surface area contributed by atoms with Gasteiger partial charge in [-0.1, -0.05) is 12.1 Å². The lowest BCUT2D eigenvalue weighted by atomic mass is 10.2. The summed E-state index contributed by atoms with van der Waals surface area (Å²) in [4.78, 5) is 4.28. The van der Waals surface area contributed by atoms with Gasteiger partial charge in [0, 0.05) is 0 Å². The van der Waals surface area contributed by atoms with E-state index in [1.54, 1.807) is 0 Å². The first-order valence-corrected chi connectivity index (χ1v) is 7.82. The van der Waals surface area contributed by atoms with Crippen LogP contribution in [-0.4, -0.2) is 29.5 Å². The van der Waals surface area contributed by atoms with Gasteiger partial charge < -0.3 is 10.3 Å². The minimum atomic E-state index is -2.95. The van der Waals surface area contributed by atoms with Crippen LogP contribution in [0, 0.1) is 0 Å². The van der Waals surface area contributed by atoms with Gasteiger partial charge in [-0.25, -0.2) is 13.4 Å². The molecule has 2 heterocycles. The molecule has 0 saturated carbocycles. The Morgan fingerprint density at radius 3 is 2.89 bits per heavy atom. The zero-order valence-corrected chi connectivity index (χ0v) is 10.7. The van der Waals surface area contributed by atoms with Crippen molar-refractivity contribution in [3.63, 3.8) is 0 Å². The van der Waals surface area contributed by atoms with E-state index in [1.165, 1.54) is 0 Å². The van der Waals surface area contributed by atoms with Gasteiger partial charge in [0.25, 0.3) is 0 Å². The molecule has 1 fully saturated rings. The number of sulfone groups is 1. The maximum Gasteiger partial charge on any atom is 0.201 e. The molecule has 2 N–H and O–H groups in total.